The highest BCUT2D eigenvalue weighted by molar-refractivity contribution is 7.80. The summed E-state index contributed by atoms with van der Waals surface area (Å²) in [6.45, 7) is 0. The van der Waals surface area contributed by atoms with E-state index in [1.807, 2.05) is 0 Å². The lowest BCUT2D eigenvalue weighted by Crippen LogP contribution is -2.20. The number of hydrogen-bond acceptors (Lipinski definition) is 4. The molecule has 0 spiro atoms. The number of halogens is 1. The van der Waals surface area contributed by atoms with Crippen LogP contribution in [0.25, 0.3) is 0 Å². The number of nitrogens with one attached hydrogen (secondary N) is 1. The average Bonchev–Trinajstić information content (AvgIpc) is 1.81. The molecule has 0 bridgehead atoms. The van der Waals surface area contributed by atoms with Crippen molar-refractivity contribution < 1.29 is 0 Å². The van der Waals surface area contributed by atoms with Crippen molar-refractivity contribution in [2.24, 2.45) is 5.73 Å². The second kappa shape index (κ2) is 3.51. The summed E-state index contributed by atoms with van der Waals surface area (Å²) in [5.74, 6) is 0.459. The zero-order valence-corrected chi connectivity index (χ0v) is 7.49. The highest BCUT2D eigenvalue weighted by atomic mass is 35.5. The minimum Gasteiger partial charge on any atom is -0.383 e. The third kappa shape index (κ3) is 2.48. The molecule has 0 aromatic carbocycles. The lowest BCUT2D eigenvalue weighted by molar-refractivity contribution is 1.18. The van der Waals surface area contributed by atoms with Crippen LogP contribution in [0.15, 0.2) is 6.07 Å². The molecule has 0 saturated carbocycles. The first-order chi connectivity index (χ1) is 5.58. The molecule has 0 saturated heterocycles. The van der Waals surface area contributed by atoms with Gasteiger partial charge < -0.3 is 16.8 Å². The van der Waals surface area contributed by atoms with Crippen molar-refractivity contribution in [2.75, 3.05) is 11.1 Å². The topological polar surface area (TPSA) is 89.8 Å². The maximum atomic E-state index is 5.58. The first-order valence-electron chi connectivity index (χ1n) is 2.94. The molecule has 0 atom stereocenters. The van der Waals surface area contributed by atoms with E-state index < -0.39 is 0 Å². The smallest absolute Gasteiger partial charge is 0.232 e. The zero-order chi connectivity index (χ0) is 9.14. The third-order valence-electron chi connectivity index (χ3n) is 0.950. The fourth-order valence-corrected chi connectivity index (χ4v) is 0.884. The Kier molecular flexibility index (Phi) is 2.61. The van der Waals surface area contributed by atoms with Crippen molar-refractivity contribution >= 4 is 40.7 Å². The van der Waals surface area contributed by atoms with Crippen LogP contribution in [0.4, 0.5) is 11.8 Å². The van der Waals surface area contributed by atoms with Gasteiger partial charge >= 0.3 is 0 Å². The molecule has 64 valence electrons. The van der Waals surface area contributed by atoms with E-state index in [9.17, 15) is 0 Å². The molecule has 7 heteroatoms. The number of anilines is 2. The van der Waals surface area contributed by atoms with Crippen molar-refractivity contribution in [3.05, 3.63) is 11.2 Å². The standard InChI is InChI=1S/C5H6ClN5S/c6-2-1-3(7)10-5(9-2)11-4(8)12/h1H,(H5,7,8,9,10,11,12). The highest BCUT2D eigenvalue weighted by Crippen LogP contribution is 2.10. The van der Waals surface area contributed by atoms with Crippen molar-refractivity contribution in [1.82, 2.24) is 9.97 Å². The van der Waals surface area contributed by atoms with Crippen LogP contribution in [0.2, 0.25) is 5.15 Å². The predicted molar refractivity (Wildman–Crippen MR) is 51.9 cm³/mol. The van der Waals surface area contributed by atoms with Gasteiger partial charge in [-0.2, -0.15) is 4.98 Å². The average molecular weight is 204 g/mol. The van der Waals surface area contributed by atoms with Gasteiger partial charge in [0.05, 0.1) is 0 Å². The Morgan fingerprint density at radius 2 is 2.25 bits per heavy atom. The summed E-state index contributed by atoms with van der Waals surface area (Å²) in [5.41, 5.74) is 10.6. The fraction of sp³-hybridized carbons (Fsp3) is 0. The predicted octanol–water partition coefficient (Wildman–Crippen LogP) is 0.368. The molecule has 0 fully saturated rings. The second-order valence-electron chi connectivity index (χ2n) is 1.93. The summed E-state index contributed by atoms with van der Waals surface area (Å²) in [7, 11) is 0. The first-order valence-corrected chi connectivity index (χ1v) is 3.73. The maximum Gasteiger partial charge on any atom is 0.232 e. The quantitative estimate of drug-likeness (QED) is 0.451. The first kappa shape index (κ1) is 8.95. The Hall–Kier alpha value is -1.14. The third-order valence-corrected chi connectivity index (χ3v) is 1.25. The second-order valence-corrected chi connectivity index (χ2v) is 2.76. The van der Waals surface area contributed by atoms with Crippen molar-refractivity contribution in [3.63, 3.8) is 0 Å². The Morgan fingerprint density at radius 1 is 1.58 bits per heavy atom. The summed E-state index contributed by atoms with van der Waals surface area (Å²) < 4.78 is 0. The Bertz CT molecular complexity index is 294. The minimum absolute atomic E-state index is 0.0664. The summed E-state index contributed by atoms with van der Waals surface area (Å²) >= 11 is 10.1. The molecule has 1 heterocycles. The SMILES string of the molecule is NC(=S)Nc1nc(N)cc(Cl)n1. The van der Waals surface area contributed by atoms with Crippen LogP contribution in [-0.4, -0.2) is 15.1 Å². The number of nitrogens with two attached hydrogens (primary N) is 2. The van der Waals surface area contributed by atoms with E-state index in [2.05, 4.69) is 27.5 Å². The van der Waals surface area contributed by atoms with Gasteiger partial charge in [0.1, 0.15) is 11.0 Å². The van der Waals surface area contributed by atoms with Gasteiger partial charge in [-0.15, -0.1) is 0 Å². The van der Waals surface area contributed by atoms with Crippen LogP contribution >= 0.6 is 23.8 Å². The van der Waals surface area contributed by atoms with Gasteiger partial charge in [-0.3, -0.25) is 0 Å². The molecule has 0 aliphatic carbocycles. The number of hydrogen-bond donors (Lipinski definition) is 3. The van der Waals surface area contributed by atoms with Crippen molar-refractivity contribution in [1.29, 1.82) is 0 Å². The largest absolute Gasteiger partial charge is 0.383 e. The van der Waals surface area contributed by atoms with Crippen LogP contribution in [0.5, 0.6) is 0 Å². The molecule has 5 N–H and O–H groups in total. The number of aromatic nitrogens is 2. The van der Waals surface area contributed by atoms with Crippen LogP contribution in [-0.2, 0) is 0 Å². The molecule has 0 amide bonds. The summed E-state index contributed by atoms with van der Waals surface area (Å²) in [5, 5.41) is 2.81. The number of nitrogens with zero attached hydrogens (tertiary/aromatic N) is 2. The van der Waals surface area contributed by atoms with Gasteiger partial charge in [0.25, 0.3) is 0 Å². The van der Waals surface area contributed by atoms with Crippen molar-refractivity contribution in [3.8, 4) is 0 Å². The van der Waals surface area contributed by atoms with Crippen molar-refractivity contribution in [2.45, 2.75) is 0 Å². The lowest BCUT2D eigenvalue weighted by atomic mass is 10.6. The summed E-state index contributed by atoms with van der Waals surface area (Å²) in [6, 6.07) is 1.42. The van der Waals surface area contributed by atoms with Crippen LogP contribution in [0.3, 0.4) is 0 Å². The fourth-order valence-electron chi connectivity index (χ4n) is 0.601. The van der Waals surface area contributed by atoms with Gasteiger partial charge in [-0.05, 0) is 12.2 Å². The maximum absolute atomic E-state index is 5.58. The molecule has 1 aromatic rings. The summed E-state index contributed by atoms with van der Waals surface area (Å²) in [6.07, 6.45) is 0. The van der Waals surface area contributed by atoms with Crippen LogP contribution in [0, 0.1) is 0 Å². The molecular formula is C5H6ClN5S. The zero-order valence-electron chi connectivity index (χ0n) is 5.91. The molecule has 1 aromatic heterocycles. The Balaban J connectivity index is 2.93. The van der Waals surface area contributed by atoms with Gasteiger partial charge in [0.15, 0.2) is 5.11 Å². The summed E-state index contributed by atoms with van der Waals surface area (Å²) in [4.78, 5) is 7.55. The molecule has 0 unspecified atom stereocenters. The lowest BCUT2D eigenvalue weighted by Gasteiger charge is -2.02. The number of rotatable bonds is 1. The Labute approximate surface area is 79.1 Å². The number of nitrogen functional groups attached to an aromatic ring is 1. The molecule has 12 heavy (non-hydrogen) atoms. The van der Waals surface area contributed by atoms with Gasteiger partial charge in [-0.1, -0.05) is 11.6 Å². The van der Waals surface area contributed by atoms with Gasteiger partial charge in [0.2, 0.25) is 5.95 Å². The molecule has 0 radical (unpaired) electrons. The normalized spacial score (nSPS) is 9.42. The Morgan fingerprint density at radius 3 is 2.75 bits per heavy atom. The van der Waals surface area contributed by atoms with Gasteiger partial charge in [-0.25, -0.2) is 4.98 Å². The minimum atomic E-state index is 0.0664. The highest BCUT2D eigenvalue weighted by Gasteiger charge is 2.00. The monoisotopic (exact) mass is 203 g/mol. The molecule has 0 aliphatic rings. The van der Waals surface area contributed by atoms with E-state index in [-0.39, 0.29) is 22.0 Å². The van der Waals surface area contributed by atoms with Crippen LogP contribution < -0.4 is 16.8 Å². The molecule has 1 rings (SSSR count). The van der Waals surface area contributed by atoms with Gasteiger partial charge in [0, 0.05) is 6.07 Å². The van der Waals surface area contributed by atoms with E-state index in [1.165, 1.54) is 6.07 Å². The van der Waals surface area contributed by atoms with E-state index in [1.54, 1.807) is 0 Å². The van der Waals surface area contributed by atoms with E-state index in [4.69, 9.17) is 23.1 Å². The molecule has 5 nitrogen and oxygen atoms in total. The number of thiocarbonyl (C=S) groups is 1. The van der Waals surface area contributed by atoms with E-state index >= 15 is 0 Å². The molecular weight excluding hydrogens is 198 g/mol. The van der Waals surface area contributed by atoms with Crippen LogP contribution in [0.1, 0.15) is 0 Å². The van der Waals surface area contributed by atoms with E-state index in [0.29, 0.717) is 0 Å². The van der Waals surface area contributed by atoms with E-state index in [0.717, 1.165) is 0 Å². The molecule has 0 aliphatic heterocycles.